The number of nitrogens with zero attached hydrogens (tertiary/aromatic N) is 2. The Morgan fingerprint density at radius 1 is 1.39 bits per heavy atom. The van der Waals surface area contributed by atoms with Gasteiger partial charge in [-0.1, -0.05) is 6.42 Å². The van der Waals surface area contributed by atoms with E-state index in [9.17, 15) is 8.42 Å². The van der Waals surface area contributed by atoms with Crippen molar-refractivity contribution in [1.29, 1.82) is 0 Å². The Bertz CT molecular complexity index is 486. The van der Waals surface area contributed by atoms with E-state index in [0.29, 0.717) is 11.8 Å². The van der Waals surface area contributed by atoms with Crippen LogP contribution in [-0.4, -0.2) is 35.9 Å². The zero-order valence-corrected chi connectivity index (χ0v) is 12.1. The summed E-state index contributed by atoms with van der Waals surface area (Å²) in [4.78, 5) is 7.39. The second kappa shape index (κ2) is 6.18. The predicted octanol–water partition coefficient (Wildman–Crippen LogP) is 1.69. The van der Waals surface area contributed by atoms with Crippen molar-refractivity contribution in [2.75, 3.05) is 12.3 Å². The highest BCUT2D eigenvalue weighted by atomic mass is 35.5. The Morgan fingerprint density at radius 2 is 2.11 bits per heavy atom. The van der Waals surface area contributed by atoms with Crippen LogP contribution >= 0.6 is 23.4 Å². The molecular formula is C10H14ClN3O2S2. The first-order valence-corrected chi connectivity index (χ1v) is 8.58. The number of hydrogen-bond donors (Lipinski definition) is 1. The van der Waals surface area contributed by atoms with Gasteiger partial charge in [0.05, 0.1) is 12.4 Å². The van der Waals surface area contributed by atoms with Crippen LogP contribution in [0.1, 0.15) is 19.3 Å². The summed E-state index contributed by atoms with van der Waals surface area (Å²) >= 11 is 7.34. The average Bonchev–Trinajstić information content (AvgIpc) is 2.38. The van der Waals surface area contributed by atoms with Crippen LogP contribution in [0.4, 0.5) is 0 Å². The smallest absolute Gasteiger partial charge is 0.225 e. The molecule has 1 atom stereocenters. The largest absolute Gasteiger partial charge is 0.243 e. The molecule has 18 heavy (non-hydrogen) atoms. The SMILES string of the molecule is O=S(=O)(NCC1CCCCS1)c1cnc(Cl)nc1. The van der Waals surface area contributed by atoms with Crippen LogP contribution in [0.25, 0.3) is 0 Å². The van der Waals surface area contributed by atoms with Gasteiger partial charge in [0.15, 0.2) is 0 Å². The number of thioether (sulfide) groups is 1. The Balaban J connectivity index is 1.96. The van der Waals surface area contributed by atoms with Gasteiger partial charge in [0, 0.05) is 11.8 Å². The third-order valence-electron chi connectivity index (χ3n) is 2.68. The molecule has 0 aliphatic carbocycles. The van der Waals surface area contributed by atoms with Crippen molar-refractivity contribution >= 4 is 33.4 Å². The minimum Gasteiger partial charge on any atom is -0.225 e. The molecular weight excluding hydrogens is 294 g/mol. The zero-order chi connectivity index (χ0) is 13.0. The Labute approximate surface area is 116 Å². The standard InChI is InChI=1S/C10H14ClN3O2S2/c11-10-12-6-9(7-13-10)18(15,16)14-5-8-3-1-2-4-17-8/h6-8,14H,1-5H2. The van der Waals surface area contributed by atoms with Crippen LogP contribution in [0.5, 0.6) is 0 Å². The van der Waals surface area contributed by atoms with E-state index in [2.05, 4.69) is 14.7 Å². The summed E-state index contributed by atoms with van der Waals surface area (Å²) in [6.07, 6.45) is 5.88. The van der Waals surface area contributed by atoms with E-state index in [1.54, 1.807) is 0 Å². The van der Waals surface area contributed by atoms with Gasteiger partial charge in [-0.05, 0) is 30.2 Å². The predicted molar refractivity (Wildman–Crippen MR) is 72.3 cm³/mol. The second-order valence-electron chi connectivity index (χ2n) is 4.03. The number of nitrogens with one attached hydrogen (secondary N) is 1. The van der Waals surface area contributed by atoms with Gasteiger partial charge in [0.25, 0.3) is 0 Å². The molecule has 100 valence electrons. The third kappa shape index (κ3) is 3.81. The molecule has 1 aliphatic heterocycles. The highest BCUT2D eigenvalue weighted by molar-refractivity contribution is 8.00. The molecule has 0 amide bonds. The fourth-order valence-corrected chi connectivity index (χ4v) is 4.11. The molecule has 0 radical (unpaired) electrons. The Kier molecular flexibility index (Phi) is 4.83. The fourth-order valence-electron chi connectivity index (χ4n) is 1.69. The summed E-state index contributed by atoms with van der Waals surface area (Å²) in [7, 11) is -3.52. The third-order valence-corrected chi connectivity index (χ3v) is 5.65. The van der Waals surface area contributed by atoms with Gasteiger partial charge in [-0.25, -0.2) is 23.1 Å². The maximum Gasteiger partial charge on any atom is 0.243 e. The monoisotopic (exact) mass is 307 g/mol. The topological polar surface area (TPSA) is 72.0 Å². The lowest BCUT2D eigenvalue weighted by Gasteiger charge is -2.21. The van der Waals surface area contributed by atoms with Crippen molar-refractivity contribution in [2.45, 2.75) is 29.4 Å². The van der Waals surface area contributed by atoms with Crippen LogP contribution in [-0.2, 0) is 10.0 Å². The van der Waals surface area contributed by atoms with Gasteiger partial charge >= 0.3 is 0 Å². The van der Waals surface area contributed by atoms with E-state index >= 15 is 0 Å². The quantitative estimate of drug-likeness (QED) is 0.857. The maximum absolute atomic E-state index is 11.9. The molecule has 1 saturated heterocycles. The van der Waals surface area contributed by atoms with E-state index in [0.717, 1.165) is 12.2 Å². The van der Waals surface area contributed by atoms with Gasteiger partial charge in [-0.3, -0.25) is 0 Å². The lowest BCUT2D eigenvalue weighted by molar-refractivity contribution is 0.573. The molecule has 2 heterocycles. The Hall–Kier alpha value is -0.370. The molecule has 2 rings (SSSR count). The molecule has 1 N–H and O–H groups in total. The van der Waals surface area contributed by atoms with Gasteiger partial charge in [0.1, 0.15) is 4.90 Å². The number of rotatable bonds is 4. The van der Waals surface area contributed by atoms with Gasteiger partial charge < -0.3 is 0 Å². The van der Waals surface area contributed by atoms with Crippen LogP contribution < -0.4 is 4.72 Å². The van der Waals surface area contributed by atoms with E-state index in [1.165, 1.54) is 25.2 Å². The molecule has 1 fully saturated rings. The summed E-state index contributed by atoms with van der Waals surface area (Å²) in [6.45, 7) is 0.454. The highest BCUT2D eigenvalue weighted by Gasteiger charge is 2.19. The normalized spacial score (nSPS) is 20.8. The first kappa shape index (κ1) is 14.0. The number of halogens is 1. The molecule has 1 aliphatic rings. The van der Waals surface area contributed by atoms with Crippen LogP contribution in [0.15, 0.2) is 17.3 Å². The van der Waals surface area contributed by atoms with Crippen LogP contribution in [0.3, 0.4) is 0 Å². The van der Waals surface area contributed by atoms with Crippen molar-refractivity contribution in [1.82, 2.24) is 14.7 Å². The summed E-state index contributed by atoms with van der Waals surface area (Å²) in [5.74, 6) is 1.11. The van der Waals surface area contributed by atoms with E-state index in [1.807, 2.05) is 11.8 Å². The van der Waals surface area contributed by atoms with Crippen molar-refractivity contribution in [2.24, 2.45) is 0 Å². The number of aromatic nitrogens is 2. The fraction of sp³-hybridized carbons (Fsp3) is 0.600. The molecule has 1 aromatic rings. The first-order valence-electron chi connectivity index (χ1n) is 5.67. The average molecular weight is 308 g/mol. The Morgan fingerprint density at radius 3 is 2.72 bits per heavy atom. The minimum absolute atomic E-state index is 0.0387. The molecule has 5 nitrogen and oxygen atoms in total. The van der Waals surface area contributed by atoms with Crippen molar-refractivity contribution in [3.05, 3.63) is 17.7 Å². The highest BCUT2D eigenvalue weighted by Crippen LogP contribution is 2.24. The van der Waals surface area contributed by atoms with Gasteiger partial charge in [-0.15, -0.1) is 0 Å². The van der Waals surface area contributed by atoms with Gasteiger partial charge in [-0.2, -0.15) is 11.8 Å². The summed E-state index contributed by atoms with van der Waals surface area (Å²) in [5, 5.41) is 0.401. The number of hydrogen-bond acceptors (Lipinski definition) is 5. The summed E-state index contributed by atoms with van der Waals surface area (Å²) < 4.78 is 26.5. The molecule has 8 heteroatoms. The van der Waals surface area contributed by atoms with E-state index < -0.39 is 10.0 Å². The van der Waals surface area contributed by atoms with Crippen LogP contribution in [0, 0.1) is 0 Å². The van der Waals surface area contributed by atoms with Crippen molar-refractivity contribution in [3.8, 4) is 0 Å². The molecule has 0 spiro atoms. The molecule has 0 saturated carbocycles. The molecule has 0 aromatic carbocycles. The van der Waals surface area contributed by atoms with E-state index in [-0.39, 0.29) is 10.2 Å². The lowest BCUT2D eigenvalue weighted by atomic mass is 10.2. The van der Waals surface area contributed by atoms with Gasteiger partial charge in [0.2, 0.25) is 15.3 Å². The van der Waals surface area contributed by atoms with Crippen molar-refractivity contribution < 1.29 is 8.42 Å². The van der Waals surface area contributed by atoms with E-state index in [4.69, 9.17) is 11.6 Å². The summed E-state index contributed by atoms with van der Waals surface area (Å²) in [5.41, 5.74) is 0. The zero-order valence-electron chi connectivity index (χ0n) is 9.67. The van der Waals surface area contributed by atoms with Crippen LogP contribution in [0.2, 0.25) is 5.28 Å². The number of sulfonamides is 1. The van der Waals surface area contributed by atoms with Crippen molar-refractivity contribution in [3.63, 3.8) is 0 Å². The molecule has 0 bridgehead atoms. The summed E-state index contributed by atoms with van der Waals surface area (Å²) in [6, 6.07) is 0. The minimum atomic E-state index is -3.52. The molecule has 1 aromatic heterocycles. The first-order chi connectivity index (χ1) is 8.58. The lowest BCUT2D eigenvalue weighted by Crippen LogP contribution is -2.32. The second-order valence-corrected chi connectivity index (χ2v) is 7.54. The maximum atomic E-state index is 11.9. The molecule has 1 unspecified atom stereocenters.